The second-order valence-corrected chi connectivity index (χ2v) is 7.00. The summed E-state index contributed by atoms with van der Waals surface area (Å²) in [6.07, 6.45) is 1.79. The lowest BCUT2D eigenvalue weighted by Crippen LogP contribution is -2.50. The van der Waals surface area contributed by atoms with Crippen LogP contribution in [0, 0.1) is 21.6 Å². The van der Waals surface area contributed by atoms with Crippen LogP contribution in [0.3, 0.4) is 0 Å². The molecule has 1 saturated heterocycles. The maximum Gasteiger partial charge on any atom is 0.337 e. The van der Waals surface area contributed by atoms with E-state index in [4.69, 9.17) is 16.9 Å². The standard InChI is InChI=1S/C20H19ClN6O4/c1-31-19(28)14-2-7-18(17(21)12-14)24-20(23-13-22)26-10-8-25(9-11-26)15-3-5-16(6-4-15)27(29)30/h2-7,12H,8-11H2,1H3,(H,23,24). The minimum Gasteiger partial charge on any atom is -0.465 e. The number of hydrogen-bond acceptors (Lipinski definition) is 7. The first kappa shape index (κ1) is 21.9. The normalized spacial score (nSPS) is 14.0. The van der Waals surface area contributed by atoms with E-state index in [2.05, 4.69) is 19.9 Å². The van der Waals surface area contributed by atoms with Crippen LogP contribution in [0.1, 0.15) is 10.4 Å². The minimum absolute atomic E-state index is 0.0464. The second-order valence-electron chi connectivity index (χ2n) is 6.59. The predicted octanol–water partition coefficient (Wildman–Crippen LogP) is 3.11. The van der Waals surface area contributed by atoms with E-state index in [0.29, 0.717) is 43.4 Å². The van der Waals surface area contributed by atoms with E-state index in [9.17, 15) is 14.9 Å². The van der Waals surface area contributed by atoms with E-state index in [1.807, 2.05) is 4.90 Å². The molecule has 2 aromatic rings. The van der Waals surface area contributed by atoms with E-state index in [-0.39, 0.29) is 10.7 Å². The van der Waals surface area contributed by atoms with Crippen molar-refractivity contribution < 1.29 is 14.5 Å². The number of nitro groups is 1. The van der Waals surface area contributed by atoms with Crippen LogP contribution in [-0.4, -0.2) is 55.0 Å². The molecular formula is C20H19ClN6O4. The first-order chi connectivity index (χ1) is 14.9. The molecule has 0 aromatic heterocycles. The van der Waals surface area contributed by atoms with Crippen LogP contribution in [-0.2, 0) is 4.74 Å². The van der Waals surface area contributed by atoms with E-state index in [0.717, 1.165) is 5.69 Å². The molecule has 0 spiro atoms. The van der Waals surface area contributed by atoms with Gasteiger partial charge in [0.1, 0.15) is 0 Å². The molecule has 1 heterocycles. The number of methoxy groups -OCH3 is 1. The van der Waals surface area contributed by atoms with Crippen molar-refractivity contribution in [1.29, 1.82) is 5.26 Å². The third-order valence-corrected chi connectivity index (χ3v) is 5.11. The fourth-order valence-corrected chi connectivity index (χ4v) is 3.40. The summed E-state index contributed by atoms with van der Waals surface area (Å²) in [7, 11) is 1.29. The number of halogens is 1. The zero-order valence-corrected chi connectivity index (χ0v) is 17.4. The largest absolute Gasteiger partial charge is 0.465 e. The number of aliphatic imine (C=N–C) groups is 1. The maximum absolute atomic E-state index is 11.6. The second kappa shape index (κ2) is 9.77. The number of rotatable bonds is 4. The number of guanidine groups is 1. The lowest BCUT2D eigenvalue weighted by Gasteiger charge is -2.37. The Kier molecular flexibility index (Phi) is 6.89. The molecule has 1 aliphatic rings. The highest BCUT2D eigenvalue weighted by atomic mass is 35.5. The molecule has 0 saturated carbocycles. The van der Waals surface area contributed by atoms with Gasteiger partial charge in [-0.25, -0.2) is 4.79 Å². The number of benzene rings is 2. The van der Waals surface area contributed by atoms with Crippen molar-refractivity contribution in [3.8, 4) is 6.19 Å². The monoisotopic (exact) mass is 442 g/mol. The van der Waals surface area contributed by atoms with Gasteiger partial charge in [-0.1, -0.05) is 11.6 Å². The topological polar surface area (TPSA) is 124 Å². The number of nitrogens with one attached hydrogen (secondary N) is 1. The summed E-state index contributed by atoms with van der Waals surface area (Å²) in [5.74, 6) is -0.153. The van der Waals surface area contributed by atoms with Crippen LogP contribution in [0.2, 0.25) is 5.02 Å². The Morgan fingerprint density at radius 1 is 1.23 bits per heavy atom. The van der Waals surface area contributed by atoms with Crippen molar-refractivity contribution in [1.82, 2.24) is 4.90 Å². The zero-order valence-electron chi connectivity index (χ0n) is 16.6. The summed E-state index contributed by atoms with van der Waals surface area (Å²) in [5.41, 5.74) is 1.75. The van der Waals surface area contributed by atoms with Crippen LogP contribution in [0.5, 0.6) is 0 Å². The van der Waals surface area contributed by atoms with Crippen LogP contribution in [0.15, 0.2) is 47.5 Å². The molecule has 2 aromatic carbocycles. The Morgan fingerprint density at radius 3 is 2.45 bits per heavy atom. The molecule has 1 N–H and O–H groups in total. The first-order valence-corrected chi connectivity index (χ1v) is 9.66. The van der Waals surface area contributed by atoms with Crippen molar-refractivity contribution in [2.75, 3.05) is 43.5 Å². The Hall–Kier alpha value is -3.84. The number of carbonyl (C=O) groups is 1. The molecule has 0 atom stereocenters. The summed E-state index contributed by atoms with van der Waals surface area (Å²) in [6.45, 7) is 2.42. The third-order valence-electron chi connectivity index (χ3n) is 4.80. The number of nitriles is 1. The number of non-ortho nitro benzene ring substituents is 1. The molecule has 0 amide bonds. The van der Waals surface area contributed by atoms with Crippen molar-refractivity contribution >= 4 is 40.6 Å². The maximum atomic E-state index is 11.6. The average Bonchev–Trinajstić information content (AvgIpc) is 2.79. The molecule has 0 unspecified atom stereocenters. The molecule has 10 nitrogen and oxygen atoms in total. The van der Waals surface area contributed by atoms with Gasteiger partial charge in [0.05, 0.1) is 28.3 Å². The van der Waals surface area contributed by atoms with Gasteiger partial charge in [-0.15, -0.1) is 4.99 Å². The number of carbonyl (C=O) groups excluding carboxylic acids is 1. The Morgan fingerprint density at radius 2 is 1.90 bits per heavy atom. The van der Waals surface area contributed by atoms with E-state index >= 15 is 0 Å². The van der Waals surface area contributed by atoms with Crippen LogP contribution in [0.4, 0.5) is 17.1 Å². The van der Waals surface area contributed by atoms with Crippen molar-refractivity contribution in [2.24, 2.45) is 4.99 Å². The summed E-state index contributed by atoms with van der Waals surface area (Å²) in [6, 6.07) is 11.1. The highest BCUT2D eigenvalue weighted by Crippen LogP contribution is 2.25. The highest BCUT2D eigenvalue weighted by Gasteiger charge is 2.22. The van der Waals surface area contributed by atoms with Gasteiger partial charge in [0.2, 0.25) is 12.2 Å². The zero-order chi connectivity index (χ0) is 22.4. The van der Waals surface area contributed by atoms with E-state index in [1.54, 1.807) is 30.5 Å². The fourth-order valence-electron chi connectivity index (χ4n) is 3.17. The molecule has 0 bridgehead atoms. The Balaban J connectivity index is 1.67. The van der Waals surface area contributed by atoms with Crippen LogP contribution < -0.4 is 10.2 Å². The van der Waals surface area contributed by atoms with Crippen LogP contribution in [0.25, 0.3) is 0 Å². The number of ether oxygens (including phenoxy) is 1. The summed E-state index contributed by atoms with van der Waals surface area (Å²) < 4.78 is 4.68. The number of nitrogens with zero attached hydrogens (tertiary/aromatic N) is 5. The smallest absolute Gasteiger partial charge is 0.337 e. The number of nitro benzene ring substituents is 1. The third kappa shape index (κ3) is 5.21. The lowest BCUT2D eigenvalue weighted by molar-refractivity contribution is -0.384. The van der Waals surface area contributed by atoms with Gasteiger partial charge in [0, 0.05) is 44.0 Å². The van der Waals surface area contributed by atoms with E-state index in [1.165, 1.54) is 25.3 Å². The number of piperazine rings is 1. The average molecular weight is 443 g/mol. The van der Waals surface area contributed by atoms with Gasteiger partial charge >= 0.3 is 5.97 Å². The molecule has 160 valence electrons. The Bertz CT molecular complexity index is 1040. The molecular weight excluding hydrogens is 424 g/mol. The molecule has 1 fully saturated rings. The number of hydrogen-bond donors (Lipinski definition) is 1. The molecule has 3 rings (SSSR count). The highest BCUT2D eigenvalue weighted by molar-refractivity contribution is 6.34. The summed E-state index contributed by atoms with van der Waals surface area (Å²) >= 11 is 6.27. The first-order valence-electron chi connectivity index (χ1n) is 9.29. The van der Waals surface area contributed by atoms with Gasteiger partial charge < -0.3 is 19.9 Å². The SMILES string of the molecule is COC(=O)c1ccc(N/C(=N/C#N)N2CCN(c3ccc([N+](=O)[O-])cc3)CC2)c(Cl)c1. The van der Waals surface area contributed by atoms with Gasteiger partial charge in [-0.3, -0.25) is 10.1 Å². The van der Waals surface area contributed by atoms with Crippen molar-refractivity contribution in [3.63, 3.8) is 0 Å². The molecule has 1 aliphatic heterocycles. The lowest BCUT2D eigenvalue weighted by atomic mass is 10.2. The van der Waals surface area contributed by atoms with Gasteiger partial charge in [0.25, 0.3) is 5.69 Å². The van der Waals surface area contributed by atoms with Gasteiger partial charge in [-0.05, 0) is 30.3 Å². The number of esters is 1. The summed E-state index contributed by atoms with van der Waals surface area (Å²) in [5, 5.41) is 23.3. The Labute approximate surface area is 183 Å². The minimum atomic E-state index is -0.498. The molecule has 0 aliphatic carbocycles. The number of anilines is 2. The molecule has 11 heteroatoms. The van der Waals surface area contributed by atoms with E-state index < -0.39 is 10.9 Å². The van der Waals surface area contributed by atoms with Gasteiger partial charge in [-0.2, -0.15) is 5.26 Å². The predicted molar refractivity (Wildman–Crippen MR) is 116 cm³/mol. The fraction of sp³-hybridized carbons (Fsp3) is 0.250. The van der Waals surface area contributed by atoms with Crippen molar-refractivity contribution in [2.45, 2.75) is 0 Å². The van der Waals surface area contributed by atoms with Crippen molar-refractivity contribution in [3.05, 3.63) is 63.2 Å². The van der Waals surface area contributed by atoms with Crippen LogP contribution >= 0.6 is 11.6 Å². The quantitative estimate of drug-likeness (QED) is 0.191. The van der Waals surface area contributed by atoms with Gasteiger partial charge in [0.15, 0.2) is 0 Å². The summed E-state index contributed by atoms with van der Waals surface area (Å²) in [4.78, 5) is 29.9. The molecule has 31 heavy (non-hydrogen) atoms. The molecule has 0 radical (unpaired) electrons.